The van der Waals surface area contributed by atoms with Gasteiger partial charge in [-0.15, -0.1) is 0 Å². The Hall–Kier alpha value is -1.81. The van der Waals surface area contributed by atoms with Gasteiger partial charge in [0, 0.05) is 19.2 Å². The molecule has 1 aromatic carbocycles. The van der Waals surface area contributed by atoms with E-state index >= 15 is 0 Å². The maximum atomic E-state index is 12.0. The SMILES string of the molecule is COc1cccc(C=CC(=O)N2CCCC(O)C2)c1. The van der Waals surface area contributed by atoms with Gasteiger partial charge in [-0.3, -0.25) is 4.79 Å². The van der Waals surface area contributed by atoms with E-state index in [0.29, 0.717) is 6.54 Å². The molecule has 1 heterocycles. The monoisotopic (exact) mass is 261 g/mol. The van der Waals surface area contributed by atoms with Crippen LogP contribution in [0.5, 0.6) is 5.75 Å². The summed E-state index contributed by atoms with van der Waals surface area (Å²) in [6.45, 7) is 1.15. The molecule has 1 saturated heterocycles. The molecule has 1 amide bonds. The summed E-state index contributed by atoms with van der Waals surface area (Å²) in [5.74, 6) is 0.713. The number of hydrogen-bond donors (Lipinski definition) is 1. The normalized spacial score (nSPS) is 19.7. The molecule has 1 aliphatic heterocycles. The largest absolute Gasteiger partial charge is 0.497 e. The Balaban J connectivity index is 1.99. The van der Waals surface area contributed by atoms with Crippen LogP contribution in [0.3, 0.4) is 0 Å². The summed E-state index contributed by atoms with van der Waals surface area (Å²) < 4.78 is 5.13. The average Bonchev–Trinajstić information content (AvgIpc) is 2.45. The predicted octanol–water partition coefficient (Wildman–Crippen LogP) is 1.69. The first-order chi connectivity index (χ1) is 9.19. The van der Waals surface area contributed by atoms with E-state index in [-0.39, 0.29) is 12.0 Å². The number of nitrogens with zero attached hydrogens (tertiary/aromatic N) is 1. The lowest BCUT2D eigenvalue weighted by Gasteiger charge is -2.29. The van der Waals surface area contributed by atoms with Crippen molar-refractivity contribution in [3.63, 3.8) is 0 Å². The Morgan fingerprint density at radius 2 is 2.37 bits per heavy atom. The first-order valence-corrected chi connectivity index (χ1v) is 6.48. The van der Waals surface area contributed by atoms with E-state index in [1.54, 1.807) is 24.2 Å². The zero-order chi connectivity index (χ0) is 13.7. The number of hydrogen-bond acceptors (Lipinski definition) is 3. The number of piperidine rings is 1. The van der Waals surface area contributed by atoms with Gasteiger partial charge in [0.15, 0.2) is 0 Å². The van der Waals surface area contributed by atoms with Gasteiger partial charge < -0.3 is 14.7 Å². The average molecular weight is 261 g/mol. The van der Waals surface area contributed by atoms with Crippen LogP contribution in [0.4, 0.5) is 0 Å². The van der Waals surface area contributed by atoms with E-state index in [2.05, 4.69) is 0 Å². The van der Waals surface area contributed by atoms with Gasteiger partial charge >= 0.3 is 0 Å². The highest BCUT2D eigenvalue weighted by molar-refractivity contribution is 5.91. The number of likely N-dealkylation sites (tertiary alicyclic amines) is 1. The van der Waals surface area contributed by atoms with Crippen LogP contribution in [0.1, 0.15) is 18.4 Å². The Labute approximate surface area is 113 Å². The Morgan fingerprint density at radius 1 is 1.53 bits per heavy atom. The Morgan fingerprint density at radius 3 is 3.11 bits per heavy atom. The topological polar surface area (TPSA) is 49.8 Å². The van der Waals surface area contributed by atoms with Crippen molar-refractivity contribution in [2.24, 2.45) is 0 Å². The molecular formula is C15H19NO3. The molecule has 1 fully saturated rings. The van der Waals surface area contributed by atoms with Crippen molar-refractivity contribution in [1.29, 1.82) is 0 Å². The summed E-state index contributed by atoms with van der Waals surface area (Å²) in [4.78, 5) is 13.7. The summed E-state index contributed by atoms with van der Waals surface area (Å²) in [6.07, 6.45) is 4.57. The van der Waals surface area contributed by atoms with Gasteiger partial charge in [-0.25, -0.2) is 0 Å². The van der Waals surface area contributed by atoms with Crippen LogP contribution in [0.15, 0.2) is 30.3 Å². The third kappa shape index (κ3) is 3.83. The molecule has 19 heavy (non-hydrogen) atoms. The van der Waals surface area contributed by atoms with Gasteiger partial charge in [-0.05, 0) is 36.6 Å². The molecule has 4 nitrogen and oxygen atoms in total. The second-order valence-electron chi connectivity index (χ2n) is 4.69. The summed E-state index contributed by atoms with van der Waals surface area (Å²) in [7, 11) is 1.61. The van der Waals surface area contributed by atoms with E-state index in [9.17, 15) is 9.90 Å². The number of amides is 1. The number of rotatable bonds is 3. The number of carbonyl (C=O) groups excluding carboxylic acids is 1. The van der Waals surface area contributed by atoms with Crippen molar-refractivity contribution in [3.05, 3.63) is 35.9 Å². The molecule has 1 unspecified atom stereocenters. The fraction of sp³-hybridized carbons (Fsp3) is 0.400. The smallest absolute Gasteiger partial charge is 0.246 e. The van der Waals surface area contributed by atoms with Crippen LogP contribution >= 0.6 is 0 Å². The molecule has 102 valence electrons. The van der Waals surface area contributed by atoms with Gasteiger partial charge in [-0.2, -0.15) is 0 Å². The van der Waals surface area contributed by atoms with Crippen LogP contribution in [0.25, 0.3) is 6.08 Å². The lowest BCUT2D eigenvalue weighted by atomic mass is 10.1. The fourth-order valence-corrected chi connectivity index (χ4v) is 2.17. The highest BCUT2D eigenvalue weighted by atomic mass is 16.5. The number of aliphatic hydroxyl groups is 1. The number of carbonyl (C=O) groups is 1. The van der Waals surface area contributed by atoms with E-state index in [1.165, 1.54) is 0 Å². The van der Waals surface area contributed by atoms with Gasteiger partial charge in [0.05, 0.1) is 13.2 Å². The van der Waals surface area contributed by atoms with E-state index in [1.807, 2.05) is 24.3 Å². The first-order valence-electron chi connectivity index (χ1n) is 6.48. The van der Waals surface area contributed by atoms with E-state index in [4.69, 9.17) is 4.74 Å². The highest BCUT2D eigenvalue weighted by Gasteiger charge is 2.20. The molecule has 0 saturated carbocycles. The quantitative estimate of drug-likeness (QED) is 0.842. The number of ether oxygens (including phenoxy) is 1. The van der Waals surface area contributed by atoms with Crippen LogP contribution in [-0.2, 0) is 4.79 Å². The molecule has 0 radical (unpaired) electrons. The zero-order valence-corrected chi connectivity index (χ0v) is 11.1. The minimum Gasteiger partial charge on any atom is -0.497 e. The van der Waals surface area contributed by atoms with Crippen LogP contribution in [0, 0.1) is 0 Å². The van der Waals surface area contributed by atoms with Crippen molar-refractivity contribution >= 4 is 12.0 Å². The van der Waals surface area contributed by atoms with Crippen molar-refractivity contribution in [1.82, 2.24) is 4.90 Å². The standard InChI is InChI=1S/C15H19NO3/c1-19-14-6-2-4-12(10-14)7-8-15(18)16-9-3-5-13(17)11-16/h2,4,6-8,10,13,17H,3,5,9,11H2,1H3. The second kappa shape index (κ2) is 6.38. The summed E-state index contributed by atoms with van der Waals surface area (Å²) in [5, 5.41) is 9.55. The predicted molar refractivity (Wildman–Crippen MR) is 73.8 cm³/mol. The number of benzene rings is 1. The lowest BCUT2D eigenvalue weighted by Crippen LogP contribution is -2.41. The fourth-order valence-electron chi connectivity index (χ4n) is 2.17. The molecule has 2 rings (SSSR count). The summed E-state index contributed by atoms with van der Waals surface area (Å²) >= 11 is 0. The van der Waals surface area contributed by atoms with Gasteiger partial charge in [-0.1, -0.05) is 12.1 Å². The lowest BCUT2D eigenvalue weighted by molar-refractivity contribution is -0.128. The van der Waals surface area contributed by atoms with Gasteiger partial charge in [0.25, 0.3) is 0 Å². The van der Waals surface area contributed by atoms with Crippen molar-refractivity contribution < 1.29 is 14.6 Å². The third-order valence-corrected chi connectivity index (χ3v) is 3.22. The summed E-state index contributed by atoms with van der Waals surface area (Å²) in [5.41, 5.74) is 0.922. The molecule has 1 aromatic rings. The molecular weight excluding hydrogens is 242 g/mol. The van der Waals surface area contributed by atoms with Crippen LogP contribution in [0.2, 0.25) is 0 Å². The second-order valence-corrected chi connectivity index (χ2v) is 4.69. The molecule has 0 aromatic heterocycles. The third-order valence-electron chi connectivity index (χ3n) is 3.22. The zero-order valence-electron chi connectivity index (χ0n) is 11.1. The van der Waals surface area contributed by atoms with Gasteiger partial charge in [0.2, 0.25) is 5.91 Å². The highest BCUT2D eigenvalue weighted by Crippen LogP contribution is 2.14. The molecule has 1 aliphatic rings. The summed E-state index contributed by atoms with van der Waals surface area (Å²) in [6, 6.07) is 7.53. The Bertz CT molecular complexity index is 470. The number of aliphatic hydroxyl groups excluding tert-OH is 1. The molecule has 0 aliphatic carbocycles. The van der Waals surface area contributed by atoms with Gasteiger partial charge in [0.1, 0.15) is 5.75 Å². The van der Waals surface area contributed by atoms with Crippen molar-refractivity contribution in [2.75, 3.05) is 20.2 Å². The van der Waals surface area contributed by atoms with E-state index in [0.717, 1.165) is 30.7 Å². The van der Waals surface area contributed by atoms with Crippen molar-refractivity contribution in [3.8, 4) is 5.75 Å². The maximum absolute atomic E-state index is 12.0. The maximum Gasteiger partial charge on any atom is 0.246 e. The number of β-amino-alcohol motifs (C(OH)–C–C–N with tert-alkyl or cyclic N) is 1. The molecule has 1 N–H and O–H groups in total. The minimum absolute atomic E-state index is 0.0541. The Kier molecular flexibility index (Phi) is 4.58. The first kappa shape index (κ1) is 13.6. The van der Waals surface area contributed by atoms with Crippen LogP contribution in [-0.4, -0.2) is 42.2 Å². The van der Waals surface area contributed by atoms with E-state index < -0.39 is 0 Å². The molecule has 4 heteroatoms. The van der Waals surface area contributed by atoms with Crippen LogP contribution < -0.4 is 4.74 Å². The van der Waals surface area contributed by atoms with Crippen molar-refractivity contribution in [2.45, 2.75) is 18.9 Å². The number of methoxy groups -OCH3 is 1. The minimum atomic E-state index is -0.386. The molecule has 0 bridgehead atoms. The molecule has 1 atom stereocenters. The molecule has 0 spiro atoms.